The lowest BCUT2D eigenvalue weighted by atomic mass is 9.92. The van der Waals surface area contributed by atoms with Gasteiger partial charge in [-0.05, 0) is 55.7 Å². The summed E-state index contributed by atoms with van der Waals surface area (Å²) in [5.41, 5.74) is 1.66. The van der Waals surface area contributed by atoms with Gasteiger partial charge >= 0.3 is 5.97 Å². The highest BCUT2D eigenvalue weighted by atomic mass is 16.5. The number of rotatable bonds is 7. The zero-order valence-electron chi connectivity index (χ0n) is 13.7. The molecule has 122 valence electrons. The highest BCUT2D eigenvalue weighted by molar-refractivity contribution is 5.76. The van der Waals surface area contributed by atoms with Crippen molar-refractivity contribution in [2.75, 3.05) is 7.11 Å². The summed E-state index contributed by atoms with van der Waals surface area (Å²) in [5.74, 6) is -0.0641. The lowest BCUT2D eigenvalue weighted by Gasteiger charge is -2.15. The second-order valence-electron chi connectivity index (χ2n) is 5.69. The molecule has 1 N–H and O–H groups in total. The molecule has 2 aromatic carbocycles. The van der Waals surface area contributed by atoms with Crippen molar-refractivity contribution in [2.24, 2.45) is 0 Å². The molecule has 0 spiro atoms. The van der Waals surface area contributed by atoms with Crippen LogP contribution in [0.5, 0.6) is 11.5 Å². The van der Waals surface area contributed by atoms with Gasteiger partial charge in [0.1, 0.15) is 11.5 Å². The lowest BCUT2D eigenvalue weighted by molar-refractivity contribution is -0.138. The topological polar surface area (TPSA) is 55.8 Å². The Morgan fingerprint density at radius 3 is 2.43 bits per heavy atom. The van der Waals surface area contributed by atoms with E-state index in [1.807, 2.05) is 50.2 Å². The van der Waals surface area contributed by atoms with E-state index in [-0.39, 0.29) is 6.10 Å². The van der Waals surface area contributed by atoms with Crippen LogP contribution in [0.25, 0.3) is 0 Å². The number of carboxylic acids is 1. The first-order valence-corrected chi connectivity index (χ1v) is 7.62. The van der Waals surface area contributed by atoms with Crippen LogP contribution in [0.4, 0.5) is 0 Å². The van der Waals surface area contributed by atoms with Gasteiger partial charge in [-0.1, -0.05) is 24.3 Å². The van der Waals surface area contributed by atoms with Gasteiger partial charge in [-0.15, -0.1) is 0 Å². The van der Waals surface area contributed by atoms with E-state index in [1.165, 1.54) is 0 Å². The van der Waals surface area contributed by atoms with E-state index in [1.54, 1.807) is 19.2 Å². The Morgan fingerprint density at radius 1 is 1.09 bits per heavy atom. The first-order valence-electron chi connectivity index (χ1n) is 7.62. The molecule has 0 saturated heterocycles. The van der Waals surface area contributed by atoms with Crippen LogP contribution in [-0.2, 0) is 11.2 Å². The van der Waals surface area contributed by atoms with Gasteiger partial charge in [0.2, 0.25) is 0 Å². The molecule has 0 aromatic heterocycles. The number of methoxy groups -OCH3 is 1. The number of carbonyl (C=O) groups is 1. The van der Waals surface area contributed by atoms with E-state index in [0.29, 0.717) is 12.2 Å². The van der Waals surface area contributed by atoms with Gasteiger partial charge in [0, 0.05) is 0 Å². The van der Waals surface area contributed by atoms with Crippen molar-refractivity contribution in [1.82, 2.24) is 0 Å². The highest BCUT2D eigenvalue weighted by Gasteiger charge is 2.21. The molecule has 0 heterocycles. The molecule has 0 radical (unpaired) electrons. The fraction of sp³-hybridized carbons (Fsp3) is 0.316. The highest BCUT2D eigenvalue weighted by Crippen LogP contribution is 2.26. The smallest absolute Gasteiger partial charge is 0.311 e. The van der Waals surface area contributed by atoms with E-state index in [9.17, 15) is 9.90 Å². The van der Waals surface area contributed by atoms with Gasteiger partial charge < -0.3 is 14.6 Å². The molecule has 0 aliphatic carbocycles. The average molecular weight is 314 g/mol. The van der Waals surface area contributed by atoms with E-state index in [2.05, 4.69) is 0 Å². The summed E-state index contributed by atoms with van der Waals surface area (Å²) < 4.78 is 10.9. The van der Waals surface area contributed by atoms with E-state index in [4.69, 9.17) is 9.47 Å². The Kier molecular flexibility index (Phi) is 5.63. The quantitative estimate of drug-likeness (QED) is 0.842. The predicted molar refractivity (Wildman–Crippen MR) is 89.3 cm³/mol. The lowest BCUT2D eigenvalue weighted by Crippen LogP contribution is -2.14. The number of hydrogen-bond acceptors (Lipinski definition) is 3. The molecule has 4 heteroatoms. The maximum absolute atomic E-state index is 11.7. The Morgan fingerprint density at radius 2 is 1.78 bits per heavy atom. The monoisotopic (exact) mass is 314 g/mol. The van der Waals surface area contributed by atoms with Crippen LogP contribution in [0.15, 0.2) is 48.5 Å². The van der Waals surface area contributed by atoms with E-state index >= 15 is 0 Å². The van der Waals surface area contributed by atoms with Crippen LogP contribution < -0.4 is 9.47 Å². The molecule has 2 rings (SSSR count). The van der Waals surface area contributed by atoms with Gasteiger partial charge in [-0.3, -0.25) is 4.79 Å². The van der Waals surface area contributed by atoms with Crippen molar-refractivity contribution in [3.63, 3.8) is 0 Å². The second-order valence-corrected chi connectivity index (χ2v) is 5.69. The molecule has 0 aliphatic heterocycles. The summed E-state index contributed by atoms with van der Waals surface area (Å²) in [6, 6.07) is 14.8. The van der Waals surface area contributed by atoms with Crippen molar-refractivity contribution >= 4 is 5.97 Å². The molecular weight excluding hydrogens is 292 g/mol. The standard InChI is InChI=1S/C19H22O4/c1-13(2)23-17-9-4-6-14(10-17)11-18(19(20)21)15-7-5-8-16(12-15)22-3/h4-10,12-13,18H,11H2,1-3H3,(H,20,21). The van der Waals surface area contributed by atoms with Crippen LogP contribution in [0.2, 0.25) is 0 Å². The maximum Gasteiger partial charge on any atom is 0.311 e. The minimum atomic E-state index is -0.853. The predicted octanol–water partition coefficient (Wildman–Crippen LogP) is 3.89. The summed E-state index contributed by atoms with van der Waals surface area (Å²) in [6.45, 7) is 3.92. The summed E-state index contributed by atoms with van der Waals surface area (Å²) in [7, 11) is 1.57. The van der Waals surface area contributed by atoms with Crippen molar-refractivity contribution < 1.29 is 19.4 Å². The summed E-state index contributed by atoms with van der Waals surface area (Å²) in [6.07, 6.45) is 0.483. The minimum absolute atomic E-state index is 0.0823. The van der Waals surface area contributed by atoms with Gasteiger partial charge in [-0.2, -0.15) is 0 Å². The fourth-order valence-electron chi connectivity index (χ4n) is 2.46. The van der Waals surface area contributed by atoms with E-state index in [0.717, 1.165) is 16.9 Å². The van der Waals surface area contributed by atoms with Gasteiger partial charge in [0.15, 0.2) is 0 Å². The first-order chi connectivity index (χ1) is 11.0. The number of hydrogen-bond donors (Lipinski definition) is 1. The molecule has 4 nitrogen and oxygen atoms in total. The van der Waals surface area contributed by atoms with E-state index < -0.39 is 11.9 Å². The van der Waals surface area contributed by atoms with Crippen molar-refractivity contribution in [2.45, 2.75) is 32.3 Å². The normalized spacial score (nSPS) is 12.0. The van der Waals surface area contributed by atoms with Crippen molar-refractivity contribution in [3.05, 3.63) is 59.7 Å². The first kappa shape index (κ1) is 16.9. The molecule has 2 aromatic rings. The molecule has 0 fully saturated rings. The van der Waals surface area contributed by atoms with Gasteiger partial charge in [0.05, 0.1) is 19.1 Å². The molecule has 0 aliphatic rings. The largest absolute Gasteiger partial charge is 0.497 e. The molecule has 1 atom stereocenters. The summed E-state index contributed by atoms with van der Waals surface area (Å²) in [4.78, 5) is 11.7. The Labute approximate surface area is 136 Å². The maximum atomic E-state index is 11.7. The number of ether oxygens (including phenoxy) is 2. The second kappa shape index (κ2) is 7.68. The molecule has 0 amide bonds. The van der Waals surface area contributed by atoms with Gasteiger partial charge in [-0.25, -0.2) is 0 Å². The third-order valence-corrected chi connectivity index (χ3v) is 3.50. The average Bonchev–Trinajstić information content (AvgIpc) is 2.52. The van der Waals surface area contributed by atoms with Crippen LogP contribution in [0, 0.1) is 0 Å². The molecule has 0 bridgehead atoms. The SMILES string of the molecule is COc1cccc(C(Cc2cccc(OC(C)C)c2)C(=O)O)c1. The molecule has 1 unspecified atom stereocenters. The minimum Gasteiger partial charge on any atom is -0.497 e. The van der Waals surface area contributed by atoms with Gasteiger partial charge in [0.25, 0.3) is 0 Å². The molecular formula is C19H22O4. The van der Waals surface area contributed by atoms with Crippen LogP contribution in [0.1, 0.15) is 30.9 Å². The summed E-state index contributed by atoms with van der Waals surface area (Å²) in [5, 5.41) is 9.59. The number of benzene rings is 2. The number of aliphatic carboxylic acids is 1. The number of carboxylic acid groups (broad SMARTS) is 1. The molecule has 0 saturated carbocycles. The van der Waals surface area contributed by atoms with Crippen LogP contribution in [0.3, 0.4) is 0 Å². The summed E-state index contributed by atoms with van der Waals surface area (Å²) >= 11 is 0. The Hall–Kier alpha value is -2.49. The van der Waals surface area contributed by atoms with Crippen molar-refractivity contribution in [1.29, 1.82) is 0 Å². The fourth-order valence-corrected chi connectivity index (χ4v) is 2.46. The third-order valence-electron chi connectivity index (χ3n) is 3.50. The van der Waals surface area contributed by atoms with Crippen LogP contribution >= 0.6 is 0 Å². The zero-order valence-corrected chi connectivity index (χ0v) is 13.7. The van der Waals surface area contributed by atoms with Crippen molar-refractivity contribution in [3.8, 4) is 11.5 Å². The zero-order chi connectivity index (χ0) is 16.8. The Balaban J connectivity index is 2.24. The third kappa shape index (κ3) is 4.74. The Bertz CT molecular complexity index is 664. The van der Waals surface area contributed by atoms with Crippen LogP contribution in [-0.4, -0.2) is 24.3 Å². The molecule has 23 heavy (non-hydrogen) atoms.